The van der Waals surface area contributed by atoms with Crippen molar-refractivity contribution in [3.63, 3.8) is 0 Å². The molecule has 2 N–H and O–H groups in total. The number of carbonyl (C=O) groups excluding carboxylic acids is 2. The minimum absolute atomic E-state index is 0.154. The SMILES string of the molecule is CS(=O)(=O)NCCc1ccc(C(=O)NCc2ccc(N3CCCC3=O)cc2)cc1. The molecule has 2 amide bonds. The van der Waals surface area contributed by atoms with Gasteiger partial charge in [0.25, 0.3) is 5.91 Å². The fourth-order valence-corrected chi connectivity index (χ4v) is 3.68. The molecule has 1 saturated heterocycles. The molecular weight excluding hydrogens is 390 g/mol. The molecule has 29 heavy (non-hydrogen) atoms. The zero-order valence-electron chi connectivity index (χ0n) is 16.3. The lowest BCUT2D eigenvalue weighted by Gasteiger charge is -2.16. The molecule has 0 spiro atoms. The van der Waals surface area contributed by atoms with E-state index in [9.17, 15) is 18.0 Å². The second-order valence-electron chi connectivity index (χ2n) is 7.11. The maximum Gasteiger partial charge on any atom is 0.251 e. The molecule has 7 nitrogen and oxygen atoms in total. The number of carbonyl (C=O) groups is 2. The lowest BCUT2D eigenvalue weighted by molar-refractivity contribution is -0.117. The van der Waals surface area contributed by atoms with Crippen molar-refractivity contribution in [1.29, 1.82) is 0 Å². The standard InChI is InChI=1S/C21H25N3O4S/c1-29(27,28)23-13-12-16-4-8-18(9-5-16)21(26)22-15-17-6-10-19(11-7-17)24-14-2-3-20(24)25/h4-11,23H,2-3,12-15H2,1H3,(H,22,26). The van der Waals surface area contributed by atoms with Crippen LogP contribution in [0.25, 0.3) is 0 Å². The highest BCUT2D eigenvalue weighted by molar-refractivity contribution is 7.88. The Morgan fingerprint density at radius 1 is 1.03 bits per heavy atom. The van der Waals surface area contributed by atoms with E-state index in [-0.39, 0.29) is 11.8 Å². The van der Waals surface area contributed by atoms with Crippen LogP contribution in [0.1, 0.15) is 34.3 Å². The minimum atomic E-state index is -3.19. The largest absolute Gasteiger partial charge is 0.348 e. The Labute approximate surface area is 171 Å². The topological polar surface area (TPSA) is 95.6 Å². The number of benzene rings is 2. The predicted octanol–water partition coefficient (Wildman–Crippen LogP) is 1.84. The van der Waals surface area contributed by atoms with E-state index >= 15 is 0 Å². The molecule has 0 unspecified atom stereocenters. The summed E-state index contributed by atoms with van der Waals surface area (Å²) in [5.41, 5.74) is 3.34. The first-order valence-corrected chi connectivity index (χ1v) is 11.4. The van der Waals surface area contributed by atoms with E-state index < -0.39 is 10.0 Å². The van der Waals surface area contributed by atoms with Crippen LogP contribution in [0, 0.1) is 0 Å². The quantitative estimate of drug-likeness (QED) is 0.688. The van der Waals surface area contributed by atoms with Gasteiger partial charge in [-0.05, 0) is 48.2 Å². The molecule has 1 heterocycles. The molecule has 2 aromatic carbocycles. The summed E-state index contributed by atoms with van der Waals surface area (Å²) in [7, 11) is -3.19. The smallest absolute Gasteiger partial charge is 0.251 e. The molecule has 0 aromatic heterocycles. The average molecular weight is 416 g/mol. The van der Waals surface area contributed by atoms with Gasteiger partial charge in [-0.1, -0.05) is 24.3 Å². The van der Waals surface area contributed by atoms with Crippen molar-refractivity contribution < 1.29 is 18.0 Å². The molecule has 1 aliphatic heterocycles. The Hall–Kier alpha value is -2.71. The number of nitrogens with one attached hydrogen (secondary N) is 2. The van der Waals surface area contributed by atoms with Crippen LogP contribution in [-0.2, 0) is 27.8 Å². The van der Waals surface area contributed by atoms with Crippen molar-refractivity contribution in [3.8, 4) is 0 Å². The first kappa shape index (κ1) is 21.0. The van der Waals surface area contributed by atoms with Crippen molar-refractivity contribution in [2.24, 2.45) is 0 Å². The monoisotopic (exact) mass is 415 g/mol. The second kappa shape index (κ2) is 9.19. The minimum Gasteiger partial charge on any atom is -0.348 e. The lowest BCUT2D eigenvalue weighted by atomic mass is 10.1. The van der Waals surface area contributed by atoms with Crippen molar-refractivity contribution in [1.82, 2.24) is 10.0 Å². The molecule has 1 fully saturated rings. The highest BCUT2D eigenvalue weighted by Crippen LogP contribution is 2.21. The van der Waals surface area contributed by atoms with E-state index in [1.165, 1.54) is 0 Å². The fourth-order valence-electron chi connectivity index (χ4n) is 3.20. The van der Waals surface area contributed by atoms with Crippen LogP contribution in [0.4, 0.5) is 5.69 Å². The molecule has 8 heteroatoms. The van der Waals surface area contributed by atoms with Gasteiger partial charge in [0, 0.05) is 37.3 Å². The normalized spacial score (nSPS) is 14.2. The number of hydrogen-bond acceptors (Lipinski definition) is 4. The van der Waals surface area contributed by atoms with Gasteiger partial charge in [-0.15, -0.1) is 0 Å². The van der Waals surface area contributed by atoms with Gasteiger partial charge in [0.05, 0.1) is 6.26 Å². The first-order chi connectivity index (χ1) is 13.8. The Balaban J connectivity index is 1.49. The number of sulfonamides is 1. The zero-order valence-corrected chi connectivity index (χ0v) is 17.2. The third kappa shape index (κ3) is 6.13. The number of anilines is 1. The molecule has 3 rings (SSSR count). The maximum atomic E-state index is 12.3. The number of nitrogens with zero attached hydrogens (tertiary/aromatic N) is 1. The Morgan fingerprint density at radius 3 is 2.28 bits per heavy atom. The highest BCUT2D eigenvalue weighted by Gasteiger charge is 2.21. The molecule has 0 saturated carbocycles. The molecule has 0 aliphatic carbocycles. The van der Waals surface area contributed by atoms with E-state index in [0.717, 1.165) is 36.0 Å². The summed E-state index contributed by atoms with van der Waals surface area (Å²) < 4.78 is 24.6. The van der Waals surface area contributed by atoms with Crippen LogP contribution in [0.15, 0.2) is 48.5 Å². The Kier molecular flexibility index (Phi) is 6.66. The molecule has 1 aliphatic rings. The Bertz CT molecular complexity index is 970. The van der Waals surface area contributed by atoms with E-state index in [0.29, 0.717) is 31.5 Å². The summed E-state index contributed by atoms with van der Waals surface area (Å²) in [5.74, 6) is -0.0220. The van der Waals surface area contributed by atoms with Gasteiger partial charge < -0.3 is 10.2 Å². The van der Waals surface area contributed by atoms with Crippen LogP contribution >= 0.6 is 0 Å². The van der Waals surface area contributed by atoms with E-state index in [4.69, 9.17) is 0 Å². The van der Waals surface area contributed by atoms with Crippen LogP contribution in [0.3, 0.4) is 0 Å². The van der Waals surface area contributed by atoms with Gasteiger partial charge in [0.1, 0.15) is 0 Å². The lowest BCUT2D eigenvalue weighted by Crippen LogP contribution is -2.25. The second-order valence-corrected chi connectivity index (χ2v) is 8.94. The summed E-state index contributed by atoms with van der Waals surface area (Å²) >= 11 is 0. The van der Waals surface area contributed by atoms with Gasteiger partial charge >= 0.3 is 0 Å². The molecule has 0 radical (unpaired) electrons. The first-order valence-electron chi connectivity index (χ1n) is 9.53. The van der Waals surface area contributed by atoms with Crippen LogP contribution in [-0.4, -0.2) is 39.6 Å². The zero-order chi connectivity index (χ0) is 20.9. The van der Waals surface area contributed by atoms with Crippen molar-refractivity contribution in [2.45, 2.75) is 25.8 Å². The Morgan fingerprint density at radius 2 is 1.69 bits per heavy atom. The van der Waals surface area contributed by atoms with Gasteiger partial charge in [-0.3, -0.25) is 9.59 Å². The number of rotatable bonds is 8. The number of amides is 2. The van der Waals surface area contributed by atoms with Crippen molar-refractivity contribution in [3.05, 3.63) is 65.2 Å². The van der Waals surface area contributed by atoms with Gasteiger partial charge in [-0.25, -0.2) is 13.1 Å². The summed E-state index contributed by atoms with van der Waals surface area (Å²) in [4.78, 5) is 25.9. The van der Waals surface area contributed by atoms with Crippen LogP contribution in [0.5, 0.6) is 0 Å². The molecule has 2 aromatic rings. The molecule has 0 bridgehead atoms. The van der Waals surface area contributed by atoms with Crippen molar-refractivity contribution in [2.75, 3.05) is 24.2 Å². The van der Waals surface area contributed by atoms with Gasteiger partial charge in [0.15, 0.2) is 0 Å². The van der Waals surface area contributed by atoms with Crippen LogP contribution in [0.2, 0.25) is 0 Å². The van der Waals surface area contributed by atoms with Crippen LogP contribution < -0.4 is 14.9 Å². The van der Waals surface area contributed by atoms with Crippen molar-refractivity contribution >= 4 is 27.5 Å². The predicted molar refractivity (Wildman–Crippen MR) is 112 cm³/mol. The van der Waals surface area contributed by atoms with Gasteiger partial charge in [-0.2, -0.15) is 0 Å². The average Bonchev–Trinajstić information content (AvgIpc) is 3.12. The fraction of sp³-hybridized carbons (Fsp3) is 0.333. The van der Waals surface area contributed by atoms with Gasteiger partial charge in [0.2, 0.25) is 15.9 Å². The number of hydrogen-bond donors (Lipinski definition) is 2. The van der Waals surface area contributed by atoms with E-state index in [1.807, 2.05) is 36.4 Å². The molecule has 0 atom stereocenters. The summed E-state index contributed by atoms with van der Waals surface area (Å²) in [6, 6.07) is 14.7. The van der Waals surface area contributed by atoms with E-state index in [1.54, 1.807) is 17.0 Å². The summed E-state index contributed by atoms with van der Waals surface area (Å²) in [6.45, 7) is 1.48. The third-order valence-electron chi connectivity index (χ3n) is 4.77. The third-order valence-corrected chi connectivity index (χ3v) is 5.50. The maximum absolute atomic E-state index is 12.3. The molecular formula is C21H25N3O4S. The molecule has 154 valence electrons. The highest BCUT2D eigenvalue weighted by atomic mass is 32.2. The van der Waals surface area contributed by atoms with E-state index in [2.05, 4.69) is 10.0 Å². The summed E-state index contributed by atoms with van der Waals surface area (Å²) in [5, 5.41) is 2.88. The summed E-state index contributed by atoms with van der Waals surface area (Å²) in [6.07, 6.45) is 3.18.